The fourth-order valence-corrected chi connectivity index (χ4v) is 2.89. The zero-order valence-corrected chi connectivity index (χ0v) is 9.75. The lowest BCUT2D eigenvalue weighted by Gasteiger charge is -2.09. The van der Waals surface area contributed by atoms with Crippen LogP contribution in [0.25, 0.3) is 10.9 Å². The van der Waals surface area contributed by atoms with E-state index in [1.807, 2.05) is 6.07 Å². The van der Waals surface area contributed by atoms with Crippen LogP contribution in [0.1, 0.15) is 23.2 Å². The summed E-state index contributed by atoms with van der Waals surface area (Å²) in [7, 11) is 0. The summed E-state index contributed by atoms with van der Waals surface area (Å²) >= 11 is 0. The van der Waals surface area contributed by atoms with Crippen LogP contribution < -0.4 is 9.47 Å². The van der Waals surface area contributed by atoms with E-state index in [1.54, 1.807) is 0 Å². The fraction of sp³-hybridized carbons (Fsp3) is 0.357. The Bertz CT molecular complexity index is 629. The van der Waals surface area contributed by atoms with Crippen LogP contribution in [0.2, 0.25) is 0 Å². The van der Waals surface area contributed by atoms with Crippen molar-refractivity contribution in [3.63, 3.8) is 0 Å². The average Bonchev–Trinajstić information content (AvgIpc) is 2.94. The third-order valence-corrected chi connectivity index (χ3v) is 3.79. The Morgan fingerprint density at radius 3 is 2.82 bits per heavy atom. The molecule has 3 nitrogen and oxygen atoms in total. The second kappa shape index (κ2) is 3.13. The Balaban J connectivity index is 2.08. The van der Waals surface area contributed by atoms with Gasteiger partial charge in [-0.25, -0.2) is 0 Å². The van der Waals surface area contributed by atoms with Gasteiger partial charge in [0.2, 0.25) is 6.79 Å². The van der Waals surface area contributed by atoms with E-state index in [0.717, 1.165) is 23.4 Å². The molecule has 3 heteroatoms. The van der Waals surface area contributed by atoms with E-state index in [0.29, 0.717) is 6.79 Å². The van der Waals surface area contributed by atoms with Gasteiger partial charge in [0.05, 0.1) is 5.52 Å². The molecule has 1 aromatic heterocycles. The fourth-order valence-electron chi connectivity index (χ4n) is 2.89. The van der Waals surface area contributed by atoms with Gasteiger partial charge in [-0.05, 0) is 43.4 Å². The number of benzene rings is 1. The molecule has 1 aliphatic heterocycles. The monoisotopic (exact) mass is 227 g/mol. The molecule has 0 radical (unpaired) electrons. The number of rotatable bonds is 0. The van der Waals surface area contributed by atoms with Crippen LogP contribution in [0.15, 0.2) is 12.1 Å². The zero-order chi connectivity index (χ0) is 11.4. The second-order valence-electron chi connectivity index (χ2n) is 4.74. The van der Waals surface area contributed by atoms with Crippen molar-refractivity contribution in [3.05, 3.63) is 29.0 Å². The third-order valence-electron chi connectivity index (χ3n) is 3.79. The van der Waals surface area contributed by atoms with Crippen molar-refractivity contribution < 1.29 is 9.47 Å². The molecule has 17 heavy (non-hydrogen) atoms. The molecular weight excluding hydrogens is 214 g/mol. The van der Waals surface area contributed by atoms with Crippen LogP contribution in [-0.4, -0.2) is 11.8 Å². The lowest BCUT2D eigenvalue weighted by atomic mass is 10.0. The molecule has 0 saturated carbocycles. The van der Waals surface area contributed by atoms with Crippen LogP contribution in [0.5, 0.6) is 11.5 Å². The second-order valence-corrected chi connectivity index (χ2v) is 4.74. The lowest BCUT2D eigenvalue weighted by Crippen LogP contribution is -1.94. The summed E-state index contributed by atoms with van der Waals surface area (Å²) < 4.78 is 10.8. The first-order valence-electron chi connectivity index (χ1n) is 6.04. The van der Waals surface area contributed by atoms with Crippen molar-refractivity contribution in [1.29, 1.82) is 0 Å². The molecule has 0 amide bonds. The average molecular weight is 227 g/mol. The topological polar surface area (TPSA) is 31.4 Å². The molecule has 0 fully saturated rings. The predicted molar refractivity (Wildman–Crippen MR) is 64.6 cm³/mol. The Morgan fingerprint density at radius 1 is 1.12 bits per heavy atom. The maximum absolute atomic E-state index is 5.43. The molecule has 2 aromatic rings. The van der Waals surface area contributed by atoms with Gasteiger partial charge in [0, 0.05) is 17.1 Å². The Kier molecular flexibility index (Phi) is 1.71. The maximum Gasteiger partial charge on any atom is 0.231 e. The van der Waals surface area contributed by atoms with Gasteiger partial charge in [-0.1, -0.05) is 0 Å². The van der Waals surface area contributed by atoms with E-state index in [-0.39, 0.29) is 0 Å². The quantitative estimate of drug-likeness (QED) is 0.693. The lowest BCUT2D eigenvalue weighted by molar-refractivity contribution is 0.174. The van der Waals surface area contributed by atoms with Crippen LogP contribution in [0, 0.1) is 6.92 Å². The molecule has 0 unspecified atom stereocenters. The summed E-state index contributed by atoms with van der Waals surface area (Å²) in [5, 5.41) is 1.20. The number of pyridine rings is 1. The first-order valence-corrected chi connectivity index (χ1v) is 6.04. The molecule has 0 spiro atoms. The van der Waals surface area contributed by atoms with Gasteiger partial charge in [0.1, 0.15) is 0 Å². The first kappa shape index (κ1) is 9.28. The molecule has 2 aliphatic rings. The van der Waals surface area contributed by atoms with Crippen LogP contribution >= 0.6 is 0 Å². The highest BCUT2D eigenvalue weighted by atomic mass is 16.7. The summed E-state index contributed by atoms with van der Waals surface area (Å²) in [6, 6.07) is 4.07. The normalized spacial score (nSPS) is 16.5. The van der Waals surface area contributed by atoms with Gasteiger partial charge in [-0.15, -0.1) is 0 Å². The van der Waals surface area contributed by atoms with Crippen molar-refractivity contribution in [2.75, 3.05) is 6.79 Å². The number of aryl methyl sites for hydroxylation is 2. The molecule has 0 atom stereocenters. The number of fused-ring (bicyclic) bond motifs is 3. The van der Waals surface area contributed by atoms with Gasteiger partial charge < -0.3 is 9.47 Å². The van der Waals surface area contributed by atoms with Gasteiger partial charge >= 0.3 is 0 Å². The number of hydrogen-bond acceptors (Lipinski definition) is 3. The summed E-state index contributed by atoms with van der Waals surface area (Å²) in [4.78, 5) is 4.76. The van der Waals surface area contributed by atoms with E-state index < -0.39 is 0 Å². The third kappa shape index (κ3) is 1.19. The van der Waals surface area contributed by atoms with E-state index in [2.05, 4.69) is 13.0 Å². The van der Waals surface area contributed by atoms with Crippen molar-refractivity contribution in [2.24, 2.45) is 0 Å². The summed E-state index contributed by atoms with van der Waals surface area (Å²) in [6.45, 7) is 2.51. The summed E-state index contributed by atoms with van der Waals surface area (Å²) in [5.74, 6) is 1.67. The number of nitrogens with zero attached hydrogens (tertiary/aromatic N) is 1. The van der Waals surface area contributed by atoms with E-state index >= 15 is 0 Å². The Morgan fingerprint density at radius 2 is 1.94 bits per heavy atom. The Hall–Kier alpha value is -1.77. The molecular formula is C14H13NO2. The molecule has 0 saturated heterocycles. The van der Waals surface area contributed by atoms with E-state index in [9.17, 15) is 0 Å². The van der Waals surface area contributed by atoms with E-state index in [1.165, 1.54) is 35.0 Å². The molecule has 2 heterocycles. The molecule has 1 aromatic carbocycles. The highest BCUT2D eigenvalue weighted by molar-refractivity contribution is 5.87. The molecule has 0 N–H and O–H groups in total. The van der Waals surface area contributed by atoms with E-state index in [4.69, 9.17) is 14.5 Å². The van der Waals surface area contributed by atoms with Crippen LogP contribution in [-0.2, 0) is 12.8 Å². The maximum atomic E-state index is 5.43. The van der Waals surface area contributed by atoms with Crippen molar-refractivity contribution in [2.45, 2.75) is 26.2 Å². The van der Waals surface area contributed by atoms with Crippen molar-refractivity contribution in [1.82, 2.24) is 4.98 Å². The van der Waals surface area contributed by atoms with Crippen molar-refractivity contribution in [3.8, 4) is 11.5 Å². The molecule has 86 valence electrons. The molecule has 4 rings (SSSR count). The molecule has 0 bridgehead atoms. The SMILES string of the molecule is Cc1c2c(nc3cc4c(cc13)OCO4)CCC2. The standard InChI is InChI=1S/C14H13NO2/c1-8-9-3-2-4-11(9)15-12-6-14-13(5-10(8)12)16-7-17-14/h5-6H,2-4,7H2,1H3. The van der Waals surface area contributed by atoms with Gasteiger partial charge in [-0.3, -0.25) is 4.98 Å². The summed E-state index contributed by atoms with van der Waals surface area (Å²) in [5.41, 5.74) is 5.11. The minimum absolute atomic E-state index is 0.324. The minimum Gasteiger partial charge on any atom is -0.454 e. The summed E-state index contributed by atoms with van der Waals surface area (Å²) in [6.07, 6.45) is 3.51. The Labute approximate surface area is 99.4 Å². The number of ether oxygens (including phenoxy) is 2. The first-order chi connectivity index (χ1) is 8.33. The minimum atomic E-state index is 0.324. The van der Waals surface area contributed by atoms with Gasteiger partial charge in [0.25, 0.3) is 0 Å². The zero-order valence-electron chi connectivity index (χ0n) is 9.75. The highest BCUT2D eigenvalue weighted by Gasteiger charge is 2.20. The number of hydrogen-bond donors (Lipinski definition) is 0. The number of aromatic nitrogens is 1. The highest BCUT2D eigenvalue weighted by Crippen LogP contribution is 2.38. The van der Waals surface area contributed by atoms with Crippen LogP contribution in [0.4, 0.5) is 0 Å². The largest absolute Gasteiger partial charge is 0.454 e. The molecule has 1 aliphatic carbocycles. The van der Waals surface area contributed by atoms with Gasteiger partial charge in [-0.2, -0.15) is 0 Å². The predicted octanol–water partition coefficient (Wildman–Crippen LogP) is 2.76. The van der Waals surface area contributed by atoms with Crippen LogP contribution in [0.3, 0.4) is 0 Å². The van der Waals surface area contributed by atoms with Crippen molar-refractivity contribution >= 4 is 10.9 Å². The van der Waals surface area contributed by atoms with Gasteiger partial charge in [0.15, 0.2) is 11.5 Å². The smallest absolute Gasteiger partial charge is 0.231 e.